The number of carbonyl (C=O) groups excluding carboxylic acids is 2. The van der Waals surface area contributed by atoms with Gasteiger partial charge in [-0.25, -0.2) is 0 Å². The number of morpholine rings is 1. The smallest absolute Gasteiger partial charge is 0.228 e. The molecule has 1 aromatic rings. The SMILES string of the molecule is CCC1(C)COCCN1C(=O)CCCc1ccc2c(c1)CC(=O)N2. The van der Waals surface area contributed by atoms with E-state index in [0.717, 1.165) is 30.5 Å². The molecule has 2 aliphatic heterocycles. The largest absolute Gasteiger partial charge is 0.377 e. The molecule has 0 saturated carbocycles. The van der Waals surface area contributed by atoms with E-state index in [1.165, 1.54) is 5.56 Å². The molecule has 0 aromatic heterocycles. The summed E-state index contributed by atoms with van der Waals surface area (Å²) in [6, 6.07) is 6.09. The van der Waals surface area contributed by atoms with E-state index in [1.807, 2.05) is 17.0 Å². The zero-order valence-electron chi connectivity index (χ0n) is 14.6. The highest BCUT2D eigenvalue weighted by atomic mass is 16.5. The van der Waals surface area contributed by atoms with E-state index in [4.69, 9.17) is 4.74 Å². The Morgan fingerprint density at radius 1 is 1.42 bits per heavy atom. The molecule has 0 radical (unpaired) electrons. The Hall–Kier alpha value is -1.88. The number of rotatable bonds is 5. The second kappa shape index (κ2) is 6.93. The average molecular weight is 330 g/mol. The number of hydrogen-bond acceptors (Lipinski definition) is 3. The number of amides is 2. The van der Waals surface area contributed by atoms with E-state index >= 15 is 0 Å². The standard InChI is InChI=1S/C19H26N2O3/c1-3-19(2)13-24-10-9-21(19)18(23)6-4-5-14-7-8-16-15(11-14)12-17(22)20-16/h7-8,11H,3-6,9-10,12-13H2,1-2H3,(H,20,22). The number of fused-ring (bicyclic) bond motifs is 1. The first-order valence-electron chi connectivity index (χ1n) is 8.82. The number of anilines is 1. The minimum absolute atomic E-state index is 0.0588. The molecule has 5 heteroatoms. The number of ether oxygens (including phenoxy) is 1. The Balaban J connectivity index is 1.54. The second-order valence-corrected chi connectivity index (χ2v) is 7.02. The number of carbonyl (C=O) groups is 2. The lowest BCUT2D eigenvalue weighted by atomic mass is 9.95. The summed E-state index contributed by atoms with van der Waals surface area (Å²) in [5, 5.41) is 2.85. The normalized spacial score (nSPS) is 23.1. The Morgan fingerprint density at radius 2 is 2.25 bits per heavy atom. The van der Waals surface area contributed by atoms with Gasteiger partial charge in [0.2, 0.25) is 11.8 Å². The van der Waals surface area contributed by atoms with Gasteiger partial charge in [-0.2, -0.15) is 0 Å². The Labute approximate surface area is 143 Å². The van der Waals surface area contributed by atoms with Crippen molar-refractivity contribution in [3.05, 3.63) is 29.3 Å². The van der Waals surface area contributed by atoms with Gasteiger partial charge in [0, 0.05) is 18.7 Å². The number of nitrogens with one attached hydrogen (secondary N) is 1. The summed E-state index contributed by atoms with van der Waals surface area (Å²) in [6.45, 7) is 6.16. The third-order valence-electron chi connectivity index (χ3n) is 5.24. The first-order chi connectivity index (χ1) is 11.5. The van der Waals surface area contributed by atoms with Crippen molar-refractivity contribution in [2.75, 3.05) is 25.1 Å². The molecule has 130 valence electrons. The van der Waals surface area contributed by atoms with E-state index in [9.17, 15) is 9.59 Å². The molecule has 3 rings (SSSR count). The maximum atomic E-state index is 12.6. The fraction of sp³-hybridized carbons (Fsp3) is 0.579. The van der Waals surface area contributed by atoms with Crippen LogP contribution in [0.25, 0.3) is 0 Å². The van der Waals surface area contributed by atoms with Crippen LogP contribution in [0.4, 0.5) is 5.69 Å². The summed E-state index contributed by atoms with van der Waals surface area (Å²) in [5.74, 6) is 0.282. The maximum Gasteiger partial charge on any atom is 0.228 e. The van der Waals surface area contributed by atoms with Crippen LogP contribution < -0.4 is 5.32 Å². The number of aryl methyl sites for hydroxylation is 1. The Bertz CT molecular complexity index is 643. The van der Waals surface area contributed by atoms with Crippen molar-refractivity contribution in [2.45, 2.75) is 51.5 Å². The minimum Gasteiger partial charge on any atom is -0.377 e. The van der Waals surface area contributed by atoms with Crippen LogP contribution in [0.3, 0.4) is 0 Å². The van der Waals surface area contributed by atoms with Crippen LogP contribution in [0.5, 0.6) is 0 Å². The molecular formula is C19H26N2O3. The van der Waals surface area contributed by atoms with E-state index < -0.39 is 0 Å². The van der Waals surface area contributed by atoms with Crippen molar-refractivity contribution in [3.8, 4) is 0 Å². The third-order valence-corrected chi connectivity index (χ3v) is 5.24. The Morgan fingerprint density at radius 3 is 3.04 bits per heavy atom. The molecule has 24 heavy (non-hydrogen) atoms. The molecule has 1 N–H and O–H groups in total. The minimum atomic E-state index is -0.172. The van der Waals surface area contributed by atoms with E-state index in [-0.39, 0.29) is 17.4 Å². The van der Waals surface area contributed by atoms with Crippen LogP contribution in [-0.2, 0) is 27.2 Å². The number of hydrogen-bond donors (Lipinski definition) is 1. The van der Waals surface area contributed by atoms with Gasteiger partial charge in [-0.3, -0.25) is 9.59 Å². The molecule has 5 nitrogen and oxygen atoms in total. The predicted octanol–water partition coefficient (Wildman–Crippen LogP) is 2.53. The summed E-state index contributed by atoms with van der Waals surface area (Å²) in [4.78, 5) is 26.0. The van der Waals surface area contributed by atoms with Crippen molar-refractivity contribution in [2.24, 2.45) is 0 Å². The molecule has 1 aromatic carbocycles. The molecule has 1 saturated heterocycles. The zero-order chi connectivity index (χ0) is 17.2. The fourth-order valence-electron chi connectivity index (χ4n) is 3.53. The van der Waals surface area contributed by atoms with Crippen molar-refractivity contribution < 1.29 is 14.3 Å². The van der Waals surface area contributed by atoms with Crippen LogP contribution in [0.15, 0.2) is 18.2 Å². The highest BCUT2D eigenvalue weighted by Gasteiger charge is 2.36. The summed E-state index contributed by atoms with van der Waals surface area (Å²) < 4.78 is 5.55. The van der Waals surface area contributed by atoms with Crippen molar-refractivity contribution >= 4 is 17.5 Å². The fourth-order valence-corrected chi connectivity index (χ4v) is 3.53. The lowest BCUT2D eigenvalue weighted by molar-refractivity contribution is -0.148. The molecule has 2 amide bonds. The zero-order valence-corrected chi connectivity index (χ0v) is 14.6. The molecule has 1 unspecified atom stereocenters. The first-order valence-corrected chi connectivity index (χ1v) is 8.82. The maximum absolute atomic E-state index is 12.6. The molecule has 1 fully saturated rings. The van der Waals surface area contributed by atoms with Gasteiger partial charge in [0.1, 0.15) is 0 Å². The van der Waals surface area contributed by atoms with Crippen LogP contribution in [0, 0.1) is 0 Å². The van der Waals surface area contributed by atoms with E-state index in [1.54, 1.807) is 0 Å². The summed E-state index contributed by atoms with van der Waals surface area (Å²) in [5.41, 5.74) is 3.01. The highest BCUT2D eigenvalue weighted by molar-refractivity contribution is 5.99. The van der Waals surface area contributed by atoms with Crippen molar-refractivity contribution in [1.82, 2.24) is 4.90 Å². The molecule has 1 atom stereocenters. The number of benzene rings is 1. The lowest BCUT2D eigenvalue weighted by Crippen LogP contribution is -2.57. The van der Waals surface area contributed by atoms with Crippen LogP contribution in [0.1, 0.15) is 44.2 Å². The van der Waals surface area contributed by atoms with Crippen LogP contribution in [-0.4, -0.2) is 42.0 Å². The van der Waals surface area contributed by atoms with Crippen molar-refractivity contribution in [3.63, 3.8) is 0 Å². The topological polar surface area (TPSA) is 58.6 Å². The van der Waals surface area contributed by atoms with Gasteiger partial charge in [-0.05, 0) is 43.4 Å². The van der Waals surface area contributed by atoms with Gasteiger partial charge in [-0.1, -0.05) is 19.1 Å². The van der Waals surface area contributed by atoms with E-state index in [2.05, 4.69) is 25.2 Å². The summed E-state index contributed by atoms with van der Waals surface area (Å²) in [6.07, 6.45) is 3.62. The molecule has 0 bridgehead atoms. The monoisotopic (exact) mass is 330 g/mol. The van der Waals surface area contributed by atoms with Gasteiger partial charge >= 0.3 is 0 Å². The van der Waals surface area contributed by atoms with Crippen LogP contribution >= 0.6 is 0 Å². The van der Waals surface area contributed by atoms with E-state index in [0.29, 0.717) is 32.6 Å². The molecule has 2 heterocycles. The predicted molar refractivity (Wildman–Crippen MR) is 92.9 cm³/mol. The lowest BCUT2D eigenvalue weighted by Gasteiger charge is -2.44. The highest BCUT2D eigenvalue weighted by Crippen LogP contribution is 2.26. The molecule has 0 spiro atoms. The number of nitrogens with zero attached hydrogens (tertiary/aromatic N) is 1. The average Bonchev–Trinajstić information content (AvgIpc) is 2.94. The van der Waals surface area contributed by atoms with Crippen molar-refractivity contribution in [1.29, 1.82) is 0 Å². The Kier molecular flexibility index (Phi) is 4.90. The second-order valence-electron chi connectivity index (χ2n) is 7.02. The summed E-state index contributed by atoms with van der Waals surface area (Å²) in [7, 11) is 0. The molecule has 0 aliphatic carbocycles. The van der Waals surface area contributed by atoms with Crippen LogP contribution in [0.2, 0.25) is 0 Å². The third kappa shape index (κ3) is 3.46. The molecule has 2 aliphatic rings. The quantitative estimate of drug-likeness (QED) is 0.902. The first kappa shape index (κ1) is 17.0. The van der Waals surface area contributed by atoms with Gasteiger partial charge in [-0.15, -0.1) is 0 Å². The summed E-state index contributed by atoms with van der Waals surface area (Å²) >= 11 is 0. The molecular weight excluding hydrogens is 304 g/mol. The van der Waals surface area contributed by atoms with Gasteiger partial charge < -0.3 is 15.0 Å². The van der Waals surface area contributed by atoms with Gasteiger partial charge in [0.15, 0.2) is 0 Å². The van der Waals surface area contributed by atoms with Gasteiger partial charge in [0.05, 0.1) is 25.2 Å². The van der Waals surface area contributed by atoms with Gasteiger partial charge in [0.25, 0.3) is 0 Å².